The summed E-state index contributed by atoms with van der Waals surface area (Å²) in [5.41, 5.74) is 3.30. The molecular formula is C16H16N4. The fraction of sp³-hybridized carbons (Fsp3) is 0.188. The molecule has 2 aromatic carbocycles. The Kier molecular flexibility index (Phi) is 3.29. The highest BCUT2D eigenvalue weighted by molar-refractivity contribution is 5.64. The molecule has 0 spiro atoms. The summed E-state index contributed by atoms with van der Waals surface area (Å²) in [5.74, 6) is 1.05. The summed E-state index contributed by atoms with van der Waals surface area (Å²) in [4.78, 5) is 1.57. The van der Waals surface area contributed by atoms with Crippen LogP contribution in [0.4, 0.5) is 0 Å². The van der Waals surface area contributed by atoms with Gasteiger partial charge in [0.1, 0.15) is 0 Å². The molecule has 100 valence electrons. The van der Waals surface area contributed by atoms with Gasteiger partial charge in [0, 0.05) is 5.92 Å². The molecule has 0 saturated heterocycles. The fourth-order valence-electron chi connectivity index (χ4n) is 1.98. The molecule has 0 amide bonds. The summed E-state index contributed by atoms with van der Waals surface area (Å²) in [6.07, 6.45) is 0. The van der Waals surface area contributed by atoms with Crippen LogP contribution >= 0.6 is 0 Å². The highest BCUT2D eigenvalue weighted by Gasteiger charge is 2.08. The summed E-state index contributed by atoms with van der Waals surface area (Å²) in [6, 6.07) is 18.5. The fourth-order valence-corrected chi connectivity index (χ4v) is 1.98. The highest BCUT2D eigenvalue weighted by atomic mass is 15.6. The zero-order valence-corrected chi connectivity index (χ0v) is 11.6. The van der Waals surface area contributed by atoms with Crippen molar-refractivity contribution in [2.45, 2.75) is 19.8 Å². The van der Waals surface area contributed by atoms with Gasteiger partial charge in [-0.2, -0.15) is 0 Å². The third kappa shape index (κ3) is 2.45. The first-order chi connectivity index (χ1) is 9.74. The third-order valence-electron chi connectivity index (χ3n) is 3.15. The van der Waals surface area contributed by atoms with Crippen LogP contribution in [0.25, 0.3) is 16.8 Å². The molecular weight excluding hydrogens is 248 g/mol. The van der Waals surface area contributed by atoms with Crippen LogP contribution in [0.1, 0.15) is 25.6 Å². The zero-order chi connectivity index (χ0) is 13.9. The molecule has 1 heterocycles. The second kappa shape index (κ2) is 5.25. The van der Waals surface area contributed by atoms with Crippen molar-refractivity contribution >= 4 is 0 Å². The van der Waals surface area contributed by atoms with Crippen LogP contribution in [0.15, 0.2) is 54.6 Å². The first-order valence-corrected chi connectivity index (χ1v) is 6.70. The van der Waals surface area contributed by atoms with Crippen molar-refractivity contribution in [3.63, 3.8) is 0 Å². The van der Waals surface area contributed by atoms with E-state index in [4.69, 9.17) is 0 Å². The second-order valence-corrected chi connectivity index (χ2v) is 5.00. The lowest BCUT2D eigenvalue weighted by atomic mass is 10.1. The molecule has 0 unspecified atom stereocenters. The van der Waals surface area contributed by atoms with Gasteiger partial charge in [-0.3, -0.25) is 0 Å². The Labute approximate surface area is 118 Å². The number of rotatable bonds is 3. The van der Waals surface area contributed by atoms with Gasteiger partial charge in [-0.15, -0.1) is 15.0 Å². The van der Waals surface area contributed by atoms with E-state index in [0.717, 1.165) is 11.5 Å². The molecule has 0 radical (unpaired) electrons. The van der Waals surface area contributed by atoms with Gasteiger partial charge in [0.15, 0.2) is 5.82 Å². The van der Waals surface area contributed by atoms with Crippen molar-refractivity contribution in [1.29, 1.82) is 0 Å². The number of hydrogen-bond donors (Lipinski definition) is 0. The first kappa shape index (κ1) is 12.5. The van der Waals surface area contributed by atoms with Gasteiger partial charge < -0.3 is 0 Å². The van der Waals surface area contributed by atoms with Crippen LogP contribution in [0.2, 0.25) is 0 Å². The van der Waals surface area contributed by atoms with E-state index >= 15 is 0 Å². The van der Waals surface area contributed by atoms with E-state index in [1.54, 1.807) is 4.80 Å². The maximum absolute atomic E-state index is 4.38. The Morgan fingerprint density at radius 1 is 0.850 bits per heavy atom. The average molecular weight is 264 g/mol. The van der Waals surface area contributed by atoms with Gasteiger partial charge >= 0.3 is 0 Å². The minimum Gasteiger partial charge on any atom is -0.131 e. The summed E-state index contributed by atoms with van der Waals surface area (Å²) >= 11 is 0. The number of hydrogen-bond acceptors (Lipinski definition) is 3. The quantitative estimate of drug-likeness (QED) is 0.727. The Hall–Kier alpha value is -2.49. The van der Waals surface area contributed by atoms with Crippen molar-refractivity contribution in [2.24, 2.45) is 0 Å². The molecule has 3 aromatic rings. The summed E-state index contributed by atoms with van der Waals surface area (Å²) in [7, 11) is 0. The average Bonchev–Trinajstić information content (AvgIpc) is 2.98. The molecule has 0 N–H and O–H groups in total. The molecule has 4 heteroatoms. The van der Waals surface area contributed by atoms with E-state index in [0.29, 0.717) is 0 Å². The largest absolute Gasteiger partial charge is 0.177 e. The van der Waals surface area contributed by atoms with Crippen molar-refractivity contribution in [2.75, 3.05) is 0 Å². The number of benzene rings is 2. The van der Waals surface area contributed by atoms with E-state index in [1.807, 2.05) is 30.3 Å². The highest BCUT2D eigenvalue weighted by Crippen LogP contribution is 2.20. The smallest absolute Gasteiger partial charge is 0.131 e. The van der Waals surface area contributed by atoms with Gasteiger partial charge in [0.2, 0.25) is 0 Å². The Morgan fingerprint density at radius 2 is 1.50 bits per heavy atom. The van der Waals surface area contributed by atoms with E-state index in [-0.39, 0.29) is 5.92 Å². The molecule has 0 bridgehead atoms. The maximum atomic E-state index is 4.38. The van der Waals surface area contributed by atoms with Crippen LogP contribution in [-0.2, 0) is 0 Å². The molecule has 3 rings (SSSR count). The number of tetrazole rings is 1. The standard InChI is InChI=1S/C16H16N4/c1-12(2)16-17-19-20(18-16)15-10-8-14(9-11-15)13-6-4-3-5-7-13/h3-12H,1-2H3. The van der Waals surface area contributed by atoms with Gasteiger partial charge in [-0.25, -0.2) is 0 Å². The van der Waals surface area contributed by atoms with Crippen molar-refractivity contribution < 1.29 is 0 Å². The summed E-state index contributed by atoms with van der Waals surface area (Å²) in [5, 5.41) is 12.5. The SMILES string of the molecule is CC(C)c1nnn(-c2ccc(-c3ccccc3)cc2)n1. The van der Waals surface area contributed by atoms with E-state index in [2.05, 4.69) is 53.5 Å². The van der Waals surface area contributed by atoms with E-state index in [9.17, 15) is 0 Å². The van der Waals surface area contributed by atoms with Crippen molar-refractivity contribution in [1.82, 2.24) is 20.2 Å². The summed E-state index contributed by atoms with van der Waals surface area (Å²) in [6.45, 7) is 4.11. The minimum atomic E-state index is 0.285. The lowest BCUT2D eigenvalue weighted by molar-refractivity contribution is 0.712. The molecule has 1 aromatic heterocycles. The zero-order valence-electron chi connectivity index (χ0n) is 11.6. The molecule has 4 nitrogen and oxygen atoms in total. The monoisotopic (exact) mass is 264 g/mol. The van der Waals surface area contributed by atoms with Gasteiger partial charge in [0.05, 0.1) is 5.69 Å². The lowest BCUT2D eigenvalue weighted by Gasteiger charge is -2.03. The predicted octanol–water partition coefficient (Wildman–Crippen LogP) is 3.45. The number of aromatic nitrogens is 4. The van der Waals surface area contributed by atoms with Gasteiger partial charge in [-0.05, 0) is 28.5 Å². The molecule has 20 heavy (non-hydrogen) atoms. The number of nitrogens with zero attached hydrogens (tertiary/aromatic N) is 4. The van der Waals surface area contributed by atoms with Crippen LogP contribution in [-0.4, -0.2) is 20.2 Å². The Morgan fingerprint density at radius 3 is 2.10 bits per heavy atom. The molecule has 0 saturated carbocycles. The van der Waals surface area contributed by atoms with Crippen LogP contribution < -0.4 is 0 Å². The normalized spacial score (nSPS) is 10.9. The van der Waals surface area contributed by atoms with Crippen LogP contribution in [0, 0.1) is 0 Å². The van der Waals surface area contributed by atoms with E-state index in [1.165, 1.54) is 11.1 Å². The maximum Gasteiger partial charge on any atom is 0.177 e. The summed E-state index contributed by atoms with van der Waals surface area (Å²) < 4.78 is 0. The van der Waals surface area contributed by atoms with Gasteiger partial charge in [-0.1, -0.05) is 56.3 Å². The molecule has 0 aliphatic heterocycles. The predicted molar refractivity (Wildman–Crippen MR) is 78.7 cm³/mol. The van der Waals surface area contributed by atoms with Gasteiger partial charge in [0.25, 0.3) is 0 Å². The van der Waals surface area contributed by atoms with Crippen molar-refractivity contribution in [3.05, 3.63) is 60.4 Å². The topological polar surface area (TPSA) is 43.6 Å². The lowest BCUT2D eigenvalue weighted by Crippen LogP contribution is -1.99. The minimum absolute atomic E-state index is 0.285. The third-order valence-corrected chi connectivity index (χ3v) is 3.15. The first-order valence-electron chi connectivity index (χ1n) is 6.70. The molecule has 0 aliphatic rings. The van der Waals surface area contributed by atoms with Crippen molar-refractivity contribution in [3.8, 4) is 16.8 Å². The molecule has 0 atom stereocenters. The Bertz CT molecular complexity index is 684. The molecule has 0 fully saturated rings. The van der Waals surface area contributed by atoms with Crippen LogP contribution in [0.5, 0.6) is 0 Å². The van der Waals surface area contributed by atoms with E-state index < -0.39 is 0 Å². The molecule has 0 aliphatic carbocycles. The van der Waals surface area contributed by atoms with Crippen LogP contribution in [0.3, 0.4) is 0 Å². The Balaban J connectivity index is 1.89. The second-order valence-electron chi connectivity index (χ2n) is 5.00.